The molecule has 0 atom stereocenters. The number of quaternary nitrogens is 1. The van der Waals surface area contributed by atoms with Gasteiger partial charge in [-0.1, -0.05) is 12.1 Å². The number of rotatable bonds is 6. The molecule has 2 N–H and O–H groups in total. The summed E-state index contributed by atoms with van der Waals surface area (Å²) >= 11 is 0. The lowest BCUT2D eigenvalue weighted by Gasteiger charge is -2.23. The third kappa shape index (κ3) is 4.51. The van der Waals surface area contributed by atoms with Crippen LogP contribution in [-0.4, -0.2) is 47.8 Å². The molecule has 2 rings (SSSR count). The quantitative estimate of drug-likeness (QED) is 0.670. The molecule has 6 nitrogen and oxygen atoms in total. The Morgan fingerprint density at radius 2 is 2.00 bits per heavy atom. The van der Waals surface area contributed by atoms with Crippen molar-refractivity contribution in [2.75, 3.05) is 39.4 Å². The van der Waals surface area contributed by atoms with Crippen LogP contribution in [0.2, 0.25) is 0 Å². The Labute approximate surface area is 125 Å². The van der Waals surface area contributed by atoms with Crippen LogP contribution in [0.1, 0.15) is 12.0 Å². The van der Waals surface area contributed by atoms with Crippen molar-refractivity contribution in [3.05, 3.63) is 29.8 Å². The Hall–Kier alpha value is -1.46. The molecule has 1 aromatic rings. The van der Waals surface area contributed by atoms with E-state index >= 15 is 0 Å². The predicted molar refractivity (Wildman–Crippen MR) is 77.3 cm³/mol. The molecule has 0 radical (unpaired) electrons. The molecule has 7 heteroatoms. The van der Waals surface area contributed by atoms with Crippen LogP contribution >= 0.6 is 0 Å². The average Bonchev–Trinajstić information content (AvgIpc) is 2.52. The van der Waals surface area contributed by atoms with Crippen LogP contribution in [0.5, 0.6) is 0 Å². The van der Waals surface area contributed by atoms with Crippen molar-refractivity contribution < 1.29 is 18.1 Å². The third-order valence-corrected chi connectivity index (χ3v) is 5.02. The predicted octanol–water partition coefficient (Wildman–Crippen LogP) is -0.858. The second-order valence-corrected chi connectivity index (χ2v) is 6.71. The molecule has 0 unspecified atom stereocenters. The molecule has 0 aliphatic carbocycles. The van der Waals surface area contributed by atoms with E-state index in [1.54, 1.807) is 12.1 Å². The number of morpholine rings is 1. The van der Waals surface area contributed by atoms with Gasteiger partial charge < -0.3 is 9.64 Å². The Morgan fingerprint density at radius 3 is 2.71 bits per heavy atom. The average molecular weight is 310 g/mol. The van der Waals surface area contributed by atoms with E-state index in [4.69, 9.17) is 10.00 Å². The molecule has 21 heavy (non-hydrogen) atoms. The van der Waals surface area contributed by atoms with Gasteiger partial charge in [0.15, 0.2) is 0 Å². The van der Waals surface area contributed by atoms with Crippen molar-refractivity contribution in [3.63, 3.8) is 0 Å². The van der Waals surface area contributed by atoms with Crippen molar-refractivity contribution in [1.82, 2.24) is 4.72 Å². The number of hydrogen-bond donors (Lipinski definition) is 2. The molecule has 0 amide bonds. The fourth-order valence-electron chi connectivity index (χ4n) is 2.33. The number of nitrogens with one attached hydrogen (secondary N) is 2. The first-order valence-electron chi connectivity index (χ1n) is 7.03. The molecule has 1 aromatic carbocycles. The zero-order chi connectivity index (χ0) is 15.1. The summed E-state index contributed by atoms with van der Waals surface area (Å²) in [5, 5.41) is 8.97. The molecule has 1 fully saturated rings. The lowest BCUT2D eigenvalue weighted by molar-refractivity contribution is -0.908. The van der Waals surface area contributed by atoms with E-state index in [1.807, 2.05) is 6.07 Å². The van der Waals surface area contributed by atoms with E-state index in [-0.39, 0.29) is 10.5 Å². The Balaban J connectivity index is 1.85. The first kappa shape index (κ1) is 15.9. The molecule has 1 aliphatic rings. The van der Waals surface area contributed by atoms with E-state index in [0.717, 1.165) is 39.3 Å². The van der Waals surface area contributed by atoms with E-state index in [0.29, 0.717) is 6.54 Å². The largest absolute Gasteiger partial charge is 0.370 e. The van der Waals surface area contributed by atoms with E-state index in [9.17, 15) is 8.42 Å². The van der Waals surface area contributed by atoms with Crippen molar-refractivity contribution >= 4 is 10.0 Å². The van der Waals surface area contributed by atoms with E-state index in [1.165, 1.54) is 17.0 Å². The van der Waals surface area contributed by atoms with Crippen LogP contribution in [0.25, 0.3) is 0 Å². The minimum absolute atomic E-state index is 0.0474. The van der Waals surface area contributed by atoms with Crippen molar-refractivity contribution in [3.8, 4) is 6.07 Å². The highest BCUT2D eigenvalue weighted by Gasteiger charge is 2.18. The van der Waals surface area contributed by atoms with Crippen molar-refractivity contribution in [2.24, 2.45) is 0 Å². The zero-order valence-electron chi connectivity index (χ0n) is 11.8. The lowest BCUT2D eigenvalue weighted by Crippen LogP contribution is -3.14. The molecule has 1 saturated heterocycles. The summed E-state index contributed by atoms with van der Waals surface area (Å²) in [6.07, 6.45) is 0.767. The van der Waals surface area contributed by atoms with Crippen LogP contribution < -0.4 is 9.62 Å². The topological polar surface area (TPSA) is 83.6 Å². The van der Waals surface area contributed by atoms with Gasteiger partial charge in [0.25, 0.3) is 0 Å². The number of ether oxygens (including phenoxy) is 1. The van der Waals surface area contributed by atoms with Gasteiger partial charge in [-0.25, -0.2) is 13.1 Å². The Kier molecular flexibility index (Phi) is 5.70. The zero-order valence-corrected chi connectivity index (χ0v) is 12.7. The van der Waals surface area contributed by atoms with Crippen LogP contribution in [0.15, 0.2) is 29.2 Å². The van der Waals surface area contributed by atoms with Gasteiger partial charge in [-0.05, 0) is 12.1 Å². The number of benzene rings is 1. The number of nitriles is 1. The standard InChI is InChI=1S/C14H19N3O3S/c15-12-13-4-1-2-5-14(13)21(18,19)16-6-3-7-17-8-10-20-11-9-17/h1-2,4-5,16H,3,6-11H2/p+1. The third-order valence-electron chi connectivity index (χ3n) is 3.50. The monoisotopic (exact) mass is 310 g/mol. The summed E-state index contributed by atoms with van der Waals surface area (Å²) in [5.41, 5.74) is 0.170. The van der Waals surface area contributed by atoms with Crippen LogP contribution in [0.4, 0.5) is 0 Å². The molecule has 1 aliphatic heterocycles. The molecular formula is C14H20N3O3S+. The van der Waals surface area contributed by atoms with Crippen LogP contribution in [-0.2, 0) is 14.8 Å². The summed E-state index contributed by atoms with van der Waals surface area (Å²) in [7, 11) is -3.61. The summed E-state index contributed by atoms with van der Waals surface area (Å²) in [4.78, 5) is 1.49. The minimum atomic E-state index is -3.61. The Morgan fingerprint density at radius 1 is 1.29 bits per heavy atom. The highest BCUT2D eigenvalue weighted by Crippen LogP contribution is 2.13. The van der Waals surface area contributed by atoms with Gasteiger partial charge >= 0.3 is 0 Å². The van der Waals surface area contributed by atoms with Gasteiger partial charge in [0.1, 0.15) is 19.2 Å². The molecule has 0 bridgehead atoms. The smallest absolute Gasteiger partial charge is 0.241 e. The second kappa shape index (κ2) is 7.52. The first-order valence-corrected chi connectivity index (χ1v) is 8.52. The Bertz CT molecular complexity index is 604. The van der Waals surface area contributed by atoms with Crippen molar-refractivity contribution in [2.45, 2.75) is 11.3 Å². The van der Waals surface area contributed by atoms with E-state index in [2.05, 4.69) is 4.72 Å². The number of sulfonamides is 1. The number of nitrogens with zero attached hydrogens (tertiary/aromatic N) is 1. The first-order chi connectivity index (χ1) is 10.1. The van der Waals surface area contributed by atoms with Gasteiger partial charge in [-0.2, -0.15) is 5.26 Å². The van der Waals surface area contributed by atoms with Gasteiger partial charge in [-0.3, -0.25) is 0 Å². The minimum Gasteiger partial charge on any atom is -0.370 e. The molecular weight excluding hydrogens is 290 g/mol. The summed E-state index contributed by atoms with van der Waals surface area (Å²) in [6, 6.07) is 8.14. The molecule has 0 saturated carbocycles. The fourth-order valence-corrected chi connectivity index (χ4v) is 3.56. The van der Waals surface area contributed by atoms with E-state index < -0.39 is 10.0 Å². The highest BCUT2D eigenvalue weighted by molar-refractivity contribution is 7.89. The van der Waals surface area contributed by atoms with Gasteiger partial charge in [0.2, 0.25) is 10.0 Å². The maximum Gasteiger partial charge on any atom is 0.241 e. The normalized spacial score (nSPS) is 16.5. The fraction of sp³-hybridized carbons (Fsp3) is 0.500. The summed E-state index contributed by atoms with van der Waals surface area (Å²) < 4.78 is 32.2. The lowest BCUT2D eigenvalue weighted by atomic mass is 10.2. The molecule has 0 spiro atoms. The van der Waals surface area contributed by atoms with Gasteiger partial charge in [-0.15, -0.1) is 0 Å². The highest BCUT2D eigenvalue weighted by atomic mass is 32.2. The van der Waals surface area contributed by atoms with Gasteiger partial charge in [0, 0.05) is 13.0 Å². The second-order valence-electron chi connectivity index (χ2n) is 4.97. The molecule has 0 aromatic heterocycles. The summed E-state index contributed by atoms with van der Waals surface area (Å²) in [6.45, 7) is 4.81. The molecule has 114 valence electrons. The van der Waals surface area contributed by atoms with Crippen LogP contribution in [0, 0.1) is 11.3 Å². The molecule has 1 heterocycles. The van der Waals surface area contributed by atoms with Crippen LogP contribution in [0.3, 0.4) is 0 Å². The maximum atomic E-state index is 12.2. The summed E-state index contributed by atoms with van der Waals surface area (Å²) in [5.74, 6) is 0. The number of hydrogen-bond acceptors (Lipinski definition) is 4. The van der Waals surface area contributed by atoms with Crippen molar-refractivity contribution in [1.29, 1.82) is 5.26 Å². The maximum absolute atomic E-state index is 12.2. The van der Waals surface area contributed by atoms with Gasteiger partial charge in [0.05, 0.1) is 30.2 Å². The SMILES string of the molecule is N#Cc1ccccc1S(=O)(=O)NCCC[NH+]1CCOCC1.